The van der Waals surface area contributed by atoms with E-state index in [-0.39, 0.29) is 22.2 Å². The molecule has 0 aromatic carbocycles. The molecule has 1 aliphatic carbocycles. The zero-order valence-electron chi connectivity index (χ0n) is 9.99. The average Bonchev–Trinajstić information content (AvgIpc) is 2.05. The summed E-state index contributed by atoms with van der Waals surface area (Å²) in [7, 11) is 0. The topological polar surface area (TPSA) is 17.1 Å². The molecule has 0 heterocycles. The zero-order valence-corrected chi connectivity index (χ0v) is 9.99. The monoisotopic (exact) mass is 182 g/mol. The number of carbonyl (C=O) groups excluding carboxylic acids is 1. The average molecular weight is 182 g/mol. The summed E-state index contributed by atoms with van der Waals surface area (Å²) in [5.74, 6) is 0.597. The molecule has 1 atom stereocenters. The van der Waals surface area contributed by atoms with E-state index in [4.69, 9.17) is 0 Å². The van der Waals surface area contributed by atoms with E-state index >= 15 is 0 Å². The molecule has 76 valence electrons. The van der Waals surface area contributed by atoms with Crippen LogP contribution >= 0.6 is 0 Å². The van der Waals surface area contributed by atoms with E-state index < -0.39 is 0 Å². The van der Waals surface area contributed by atoms with Crippen LogP contribution in [-0.2, 0) is 4.79 Å². The lowest BCUT2D eigenvalue weighted by atomic mass is 9.60. The first kappa shape index (κ1) is 10.7. The van der Waals surface area contributed by atoms with Gasteiger partial charge in [0.2, 0.25) is 0 Å². The van der Waals surface area contributed by atoms with Crippen molar-refractivity contribution in [1.82, 2.24) is 0 Å². The smallest absolute Gasteiger partial charge is 0.142 e. The van der Waals surface area contributed by atoms with E-state index in [1.54, 1.807) is 0 Å². The normalized spacial score (nSPS) is 35.0. The molecule has 0 radical (unpaired) electrons. The molecule has 0 amide bonds. The molecule has 0 aliphatic heterocycles. The van der Waals surface area contributed by atoms with Crippen LogP contribution in [0.4, 0.5) is 0 Å². The van der Waals surface area contributed by atoms with Crippen LogP contribution in [0, 0.1) is 22.2 Å². The Kier molecular flexibility index (Phi) is 1.96. The van der Waals surface area contributed by atoms with Crippen LogP contribution in [-0.4, -0.2) is 5.78 Å². The first-order valence-corrected chi connectivity index (χ1v) is 5.11. The van der Waals surface area contributed by atoms with Crippen molar-refractivity contribution in [3.8, 4) is 0 Å². The third kappa shape index (κ3) is 0.963. The Hall–Kier alpha value is -0.330. The number of hydrogen-bond donors (Lipinski definition) is 0. The Labute approximate surface area is 81.9 Å². The van der Waals surface area contributed by atoms with Gasteiger partial charge in [-0.15, -0.1) is 0 Å². The van der Waals surface area contributed by atoms with Crippen LogP contribution in [0.25, 0.3) is 0 Å². The highest BCUT2D eigenvalue weighted by atomic mass is 16.1. The minimum absolute atomic E-state index is 0.0799. The predicted octanol–water partition coefficient (Wildman–Crippen LogP) is 3.28. The van der Waals surface area contributed by atoms with E-state index in [1.165, 1.54) is 0 Å². The van der Waals surface area contributed by atoms with Gasteiger partial charge in [0.05, 0.1) is 0 Å². The lowest BCUT2D eigenvalue weighted by Crippen LogP contribution is -2.38. The van der Waals surface area contributed by atoms with Crippen molar-refractivity contribution in [2.24, 2.45) is 22.2 Å². The Balaban J connectivity index is 3.31. The predicted molar refractivity (Wildman–Crippen MR) is 55.5 cm³/mol. The van der Waals surface area contributed by atoms with Gasteiger partial charge in [-0.25, -0.2) is 0 Å². The van der Waals surface area contributed by atoms with Gasteiger partial charge >= 0.3 is 0 Å². The van der Waals surface area contributed by atoms with Crippen molar-refractivity contribution in [3.63, 3.8) is 0 Å². The zero-order chi connectivity index (χ0) is 10.7. The maximum Gasteiger partial charge on any atom is 0.142 e. The number of ketones is 1. The summed E-state index contributed by atoms with van der Waals surface area (Å²) in [6.45, 7) is 15.1. The Bertz CT molecular complexity index is 246. The van der Waals surface area contributed by atoms with E-state index in [9.17, 15) is 4.79 Å². The molecule has 1 rings (SSSR count). The number of Topliss-reactive ketones (excluding diaryl/α,β-unsaturated/α-hetero) is 1. The molecule has 13 heavy (non-hydrogen) atoms. The standard InChI is InChI=1S/C12H22O/c1-8-9(13)11(4,5)12(6,7)10(8,2)3/h8H,1-7H3. The Morgan fingerprint density at radius 3 is 1.46 bits per heavy atom. The molecular formula is C12H22O. The molecule has 0 N–H and O–H groups in total. The molecule has 0 saturated heterocycles. The second-order valence-corrected chi connectivity index (χ2v) is 6.06. The van der Waals surface area contributed by atoms with E-state index in [0.717, 1.165) is 0 Å². The fourth-order valence-corrected chi connectivity index (χ4v) is 2.52. The Morgan fingerprint density at radius 2 is 1.38 bits per heavy atom. The fraction of sp³-hybridized carbons (Fsp3) is 0.917. The maximum atomic E-state index is 12.1. The third-order valence-electron chi connectivity index (χ3n) is 5.27. The fourth-order valence-electron chi connectivity index (χ4n) is 2.52. The lowest BCUT2D eigenvalue weighted by molar-refractivity contribution is -0.129. The molecule has 0 spiro atoms. The lowest BCUT2D eigenvalue weighted by Gasteiger charge is -2.43. The van der Waals surface area contributed by atoms with Gasteiger partial charge in [0.15, 0.2) is 0 Å². The molecule has 1 aliphatic rings. The van der Waals surface area contributed by atoms with Crippen LogP contribution in [0.2, 0.25) is 0 Å². The molecule has 0 aromatic heterocycles. The molecular weight excluding hydrogens is 160 g/mol. The van der Waals surface area contributed by atoms with Crippen LogP contribution in [0.15, 0.2) is 0 Å². The quantitative estimate of drug-likeness (QED) is 0.562. The van der Waals surface area contributed by atoms with Crippen molar-refractivity contribution in [2.75, 3.05) is 0 Å². The first-order chi connectivity index (χ1) is 5.57. The highest BCUT2D eigenvalue weighted by Crippen LogP contribution is 2.62. The molecule has 1 fully saturated rings. The number of hydrogen-bond acceptors (Lipinski definition) is 1. The summed E-state index contributed by atoms with van der Waals surface area (Å²) in [5, 5.41) is 0. The number of carbonyl (C=O) groups is 1. The minimum Gasteiger partial charge on any atom is -0.299 e. The Morgan fingerprint density at radius 1 is 1.00 bits per heavy atom. The van der Waals surface area contributed by atoms with Crippen LogP contribution in [0.5, 0.6) is 0 Å². The minimum atomic E-state index is -0.185. The van der Waals surface area contributed by atoms with Crippen molar-refractivity contribution < 1.29 is 4.79 Å². The SMILES string of the molecule is CC1C(=O)C(C)(C)C(C)(C)C1(C)C. The summed E-state index contributed by atoms with van der Waals surface area (Å²) in [6, 6.07) is 0. The molecule has 1 saturated carbocycles. The third-order valence-corrected chi connectivity index (χ3v) is 5.27. The van der Waals surface area contributed by atoms with Gasteiger partial charge in [-0.05, 0) is 10.8 Å². The summed E-state index contributed by atoms with van der Waals surface area (Å²) in [4.78, 5) is 12.1. The van der Waals surface area contributed by atoms with E-state index in [2.05, 4.69) is 48.5 Å². The van der Waals surface area contributed by atoms with Crippen LogP contribution < -0.4 is 0 Å². The van der Waals surface area contributed by atoms with Crippen molar-refractivity contribution in [2.45, 2.75) is 48.5 Å². The number of rotatable bonds is 0. The van der Waals surface area contributed by atoms with E-state index in [1.807, 2.05) is 0 Å². The van der Waals surface area contributed by atoms with Crippen LogP contribution in [0.3, 0.4) is 0 Å². The van der Waals surface area contributed by atoms with Crippen molar-refractivity contribution >= 4 is 5.78 Å². The molecule has 0 aromatic rings. The van der Waals surface area contributed by atoms with Gasteiger partial charge in [0, 0.05) is 11.3 Å². The van der Waals surface area contributed by atoms with Gasteiger partial charge in [-0.2, -0.15) is 0 Å². The maximum absolute atomic E-state index is 12.1. The van der Waals surface area contributed by atoms with Crippen LogP contribution in [0.1, 0.15) is 48.5 Å². The second-order valence-electron chi connectivity index (χ2n) is 6.06. The van der Waals surface area contributed by atoms with Crippen molar-refractivity contribution in [3.05, 3.63) is 0 Å². The van der Waals surface area contributed by atoms with Gasteiger partial charge in [-0.3, -0.25) is 4.79 Å². The van der Waals surface area contributed by atoms with Gasteiger partial charge in [0.25, 0.3) is 0 Å². The summed E-state index contributed by atoms with van der Waals surface area (Å²) >= 11 is 0. The molecule has 1 unspecified atom stereocenters. The van der Waals surface area contributed by atoms with Gasteiger partial charge in [-0.1, -0.05) is 48.5 Å². The summed E-state index contributed by atoms with van der Waals surface area (Å²) in [5.41, 5.74) is 0. The summed E-state index contributed by atoms with van der Waals surface area (Å²) in [6.07, 6.45) is 0. The highest BCUT2D eigenvalue weighted by Gasteiger charge is 2.62. The largest absolute Gasteiger partial charge is 0.299 e. The highest BCUT2D eigenvalue weighted by molar-refractivity contribution is 5.90. The van der Waals surface area contributed by atoms with Crippen molar-refractivity contribution in [1.29, 1.82) is 0 Å². The van der Waals surface area contributed by atoms with E-state index in [0.29, 0.717) is 5.78 Å². The second kappa shape index (κ2) is 2.37. The van der Waals surface area contributed by atoms with Gasteiger partial charge in [0.1, 0.15) is 5.78 Å². The van der Waals surface area contributed by atoms with Gasteiger partial charge < -0.3 is 0 Å². The molecule has 0 bridgehead atoms. The first-order valence-electron chi connectivity index (χ1n) is 5.11. The summed E-state index contributed by atoms with van der Waals surface area (Å²) < 4.78 is 0. The molecule has 1 heteroatoms. The molecule has 1 nitrogen and oxygen atoms in total.